The third-order valence-corrected chi connectivity index (χ3v) is 5.04. The van der Waals surface area contributed by atoms with E-state index in [1.54, 1.807) is 0 Å². The number of hydrogen-bond acceptors (Lipinski definition) is 2. The predicted octanol–water partition coefficient (Wildman–Crippen LogP) is 2.54. The normalized spacial score (nSPS) is 41.1. The Kier molecular flexibility index (Phi) is 4.31. The lowest BCUT2D eigenvalue weighted by atomic mass is 9.77. The van der Waals surface area contributed by atoms with Crippen molar-refractivity contribution in [2.45, 2.75) is 77.4 Å². The molecule has 5 unspecified atom stereocenters. The average Bonchev–Trinajstić information content (AvgIpc) is 2.69. The number of amides is 1. The van der Waals surface area contributed by atoms with Crippen LogP contribution in [0.5, 0.6) is 0 Å². The Morgan fingerprint density at radius 3 is 2.56 bits per heavy atom. The van der Waals surface area contributed by atoms with E-state index in [1.807, 2.05) is 0 Å². The highest BCUT2D eigenvalue weighted by atomic mass is 16.2. The minimum absolute atomic E-state index is 0.222. The molecule has 104 valence electrons. The molecule has 1 saturated carbocycles. The molecule has 0 aromatic rings. The Morgan fingerprint density at radius 1 is 1.22 bits per heavy atom. The zero-order chi connectivity index (χ0) is 13.3. The van der Waals surface area contributed by atoms with Gasteiger partial charge in [0.1, 0.15) is 0 Å². The zero-order valence-corrected chi connectivity index (χ0v) is 12.1. The summed E-state index contributed by atoms with van der Waals surface area (Å²) in [6.45, 7) is 6.60. The van der Waals surface area contributed by atoms with Gasteiger partial charge in [-0.3, -0.25) is 4.79 Å². The summed E-state index contributed by atoms with van der Waals surface area (Å²) >= 11 is 0. The van der Waals surface area contributed by atoms with Gasteiger partial charge < -0.3 is 10.6 Å². The molecular formula is C15H28N2O. The Balaban J connectivity index is 2.06. The van der Waals surface area contributed by atoms with Crippen LogP contribution in [0.3, 0.4) is 0 Å². The van der Waals surface area contributed by atoms with Gasteiger partial charge in [0.15, 0.2) is 0 Å². The van der Waals surface area contributed by atoms with E-state index in [0.717, 1.165) is 25.7 Å². The number of likely N-dealkylation sites (tertiary alicyclic amines) is 1. The van der Waals surface area contributed by atoms with Crippen LogP contribution in [0.15, 0.2) is 0 Å². The molecule has 2 aliphatic rings. The molecular weight excluding hydrogens is 224 g/mol. The molecule has 2 fully saturated rings. The van der Waals surface area contributed by atoms with Crippen molar-refractivity contribution in [3.05, 3.63) is 0 Å². The Labute approximate surface area is 111 Å². The largest absolute Gasteiger partial charge is 0.337 e. The van der Waals surface area contributed by atoms with Gasteiger partial charge >= 0.3 is 0 Å². The molecule has 1 heterocycles. The number of carbonyl (C=O) groups is 1. The van der Waals surface area contributed by atoms with Gasteiger partial charge in [0, 0.05) is 24.0 Å². The van der Waals surface area contributed by atoms with Crippen LogP contribution in [0.1, 0.15) is 59.3 Å². The lowest BCUT2D eigenvalue weighted by Gasteiger charge is -2.37. The second-order valence-corrected chi connectivity index (χ2v) is 6.39. The highest BCUT2D eigenvalue weighted by molar-refractivity contribution is 5.80. The summed E-state index contributed by atoms with van der Waals surface area (Å²) in [7, 11) is 0. The number of carbonyl (C=O) groups excluding carboxylic acids is 1. The standard InChI is InChI=1S/C15H28N2O/c1-4-13-7-5-11(3)17(13)15(18)14-8-6-12(16)9-10(14)2/h10-14H,4-9,16H2,1-3H3. The first-order valence-corrected chi connectivity index (χ1v) is 7.62. The van der Waals surface area contributed by atoms with Crippen molar-refractivity contribution < 1.29 is 4.79 Å². The fourth-order valence-corrected chi connectivity index (χ4v) is 3.87. The molecule has 3 nitrogen and oxygen atoms in total. The van der Waals surface area contributed by atoms with Gasteiger partial charge in [-0.15, -0.1) is 0 Å². The van der Waals surface area contributed by atoms with E-state index in [-0.39, 0.29) is 5.92 Å². The van der Waals surface area contributed by atoms with E-state index in [2.05, 4.69) is 25.7 Å². The predicted molar refractivity (Wildman–Crippen MR) is 74.1 cm³/mol. The van der Waals surface area contributed by atoms with Crippen molar-refractivity contribution >= 4 is 5.91 Å². The summed E-state index contributed by atoms with van der Waals surface area (Å²) < 4.78 is 0. The van der Waals surface area contributed by atoms with Gasteiger partial charge in [-0.2, -0.15) is 0 Å². The first kappa shape index (κ1) is 13.9. The number of hydrogen-bond donors (Lipinski definition) is 1. The van der Waals surface area contributed by atoms with Crippen molar-refractivity contribution in [3.63, 3.8) is 0 Å². The smallest absolute Gasteiger partial charge is 0.226 e. The highest BCUT2D eigenvalue weighted by Gasteiger charge is 2.39. The first-order chi connectivity index (χ1) is 8.54. The average molecular weight is 252 g/mol. The zero-order valence-electron chi connectivity index (χ0n) is 12.1. The summed E-state index contributed by atoms with van der Waals surface area (Å²) in [4.78, 5) is 15.0. The van der Waals surface area contributed by atoms with Crippen LogP contribution in [0.4, 0.5) is 0 Å². The summed E-state index contributed by atoms with van der Waals surface area (Å²) in [6.07, 6.45) is 6.46. The fourth-order valence-electron chi connectivity index (χ4n) is 3.87. The third-order valence-electron chi connectivity index (χ3n) is 5.04. The van der Waals surface area contributed by atoms with Crippen LogP contribution in [0.25, 0.3) is 0 Å². The molecule has 2 rings (SSSR count). The second-order valence-electron chi connectivity index (χ2n) is 6.39. The summed E-state index contributed by atoms with van der Waals surface area (Å²) in [5.74, 6) is 1.08. The minimum Gasteiger partial charge on any atom is -0.337 e. The first-order valence-electron chi connectivity index (χ1n) is 7.62. The monoisotopic (exact) mass is 252 g/mol. The van der Waals surface area contributed by atoms with Crippen LogP contribution in [0.2, 0.25) is 0 Å². The van der Waals surface area contributed by atoms with Gasteiger partial charge in [-0.25, -0.2) is 0 Å². The lowest BCUT2D eigenvalue weighted by molar-refractivity contribution is -0.141. The van der Waals surface area contributed by atoms with Crippen LogP contribution >= 0.6 is 0 Å². The van der Waals surface area contributed by atoms with Crippen molar-refractivity contribution in [2.75, 3.05) is 0 Å². The van der Waals surface area contributed by atoms with E-state index in [9.17, 15) is 4.79 Å². The van der Waals surface area contributed by atoms with Gasteiger partial charge in [0.25, 0.3) is 0 Å². The van der Waals surface area contributed by atoms with Gasteiger partial charge in [0.05, 0.1) is 0 Å². The van der Waals surface area contributed by atoms with Gasteiger partial charge in [0.2, 0.25) is 5.91 Å². The molecule has 2 N–H and O–H groups in total. The molecule has 1 aliphatic carbocycles. The maximum atomic E-state index is 12.8. The molecule has 1 aliphatic heterocycles. The van der Waals surface area contributed by atoms with Crippen molar-refractivity contribution in [1.82, 2.24) is 4.90 Å². The van der Waals surface area contributed by atoms with Crippen LogP contribution in [-0.2, 0) is 4.79 Å². The molecule has 0 aromatic heterocycles. The van der Waals surface area contributed by atoms with Crippen molar-refractivity contribution in [1.29, 1.82) is 0 Å². The van der Waals surface area contributed by atoms with Crippen LogP contribution < -0.4 is 5.73 Å². The SMILES string of the molecule is CCC1CCC(C)N1C(=O)C1CCC(N)CC1C. The summed E-state index contributed by atoms with van der Waals surface area (Å²) in [5, 5.41) is 0. The highest BCUT2D eigenvalue weighted by Crippen LogP contribution is 2.35. The molecule has 3 heteroatoms. The van der Waals surface area contributed by atoms with E-state index >= 15 is 0 Å². The van der Waals surface area contributed by atoms with Crippen molar-refractivity contribution in [2.24, 2.45) is 17.6 Å². The van der Waals surface area contributed by atoms with Crippen molar-refractivity contribution in [3.8, 4) is 0 Å². The van der Waals surface area contributed by atoms with Gasteiger partial charge in [-0.05, 0) is 51.4 Å². The summed E-state index contributed by atoms with van der Waals surface area (Å²) in [6, 6.07) is 1.22. The lowest BCUT2D eigenvalue weighted by Crippen LogP contribution is -2.47. The van der Waals surface area contributed by atoms with E-state index in [4.69, 9.17) is 5.73 Å². The minimum atomic E-state index is 0.222. The van der Waals surface area contributed by atoms with Gasteiger partial charge in [-0.1, -0.05) is 13.8 Å². The topological polar surface area (TPSA) is 46.3 Å². The molecule has 0 bridgehead atoms. The summed E-state index contributed by atoms with van der Waals surface area (Å²) in [5.41, 5.74) is 6.00. The molecule has 0 spiro atoms. The van der Waals surface area contributed by atoms with E-state index in [0.29, 0.717) is 30.0 Å². The van der Waals surface area contributed by atoms with Crippen LogP contribution in [0, 0.1) is 11.8 Å². The van der Waals surface area contributed by atoms with E-state index < -0.39 is 0 Å². The molecule has 0 radical (unpaired) electrons. The quantitative estimate of drug-likeness (QED) is 0.821. The Bertz CT molecular complexity index is 305. The van der Waals surface area contributed by atoms with Crippen LogP contribution in [-0.4, -0.2) is 28.9 Å². The third kappa shape index (κ3) is 2.56. The maximum absolute atomic E-state index is 12.8. The molecule has 1 saturated heterocycles. The fraction of sp³-hybridized carbons (Fsp3) is 0.933. The van der Waals surface area contributed by atoms with E-state index in [1.165, 1.54) is 12.8 Å². The Morgan fingerprint density at radius 2 is 1.94 bits per heavy atom. The molecule has 5 atom stereocenters. The Hall–Kier alpha value is -0.570. The second kappa shape index (κ2) is 5.60. The maximum Gasteiger partial charge on any atom is 0.226 e. The molecule has 1 amide bonds. The number of nitrogens with two attached hydrogens (primary N) is 1. The number of rotatable bonds is 2. The molecule has 0 aromatic carbocycles. The number of nitrogens with zero attached hydrogens (tertiary/aromatic N) is 1. The molecule has 18 heavy (non-hydrogen) atoms.